The number of fused-ring (bicyclic) bond motifs is 1. The Morgan fingerprint density at radius 1 is 1.33 bits per heavy atom. The standard InChI is InChI=1S/C13H14N2O3/c16-9-4-3-8(6-9)7-15-12(17)10-2-1-5-14-11(10)13(15)18/h1-2,5,8-9,16H,3-4,6-7H2. The molecule has 0 aromatic carbocycles. The second-order valence-corrected chi connectivity index (χ2v) is 4.95. The van der Waals surface area contributed by atoms with Crippen molar-refractivity contribution in [2.75, 3.05) is 6.54 Å². The van der Waals surface area contributed by atoms with E-state index in [4.69, 9.17) is 0 Å². The van der Waals surface area contributed by atoms with Gasteiger partial charge in [0.15, 0.2) is 0 Å². The van der Waals surface area contributed by atoms with Gasteiger partial charge in [0.25, 0.3) is 11.8 Å². The summed E-state index contributed by atoms with van der Waals surface area (Å²) >= 11 is 0. The summed E-state index contributed by atoms with van der Waals surface area (Å²) in [5.74, 6) is -0.358. The molecule has 5 nitrogen and oxygen atoms in total. The number of hydrogen-bond acceptors (Lipinski definition) is 4. The molecule has 2 amide bonds. The van der Waals surface area contributed by atoms with E-state index in [1.807, 2.05) is 0 Å². The summed E-state index contributed by atoms with van der Waals surface area (Å²) in [6, 6.07) is 3.29. The van der Waals surface area contributed by atoms with Crippen molar-refractivity contribution in [3.63, 3.8) is 0 Å². The Labute approximate surface area is 104 Å². The van der Waals surface area contributed by atoms with Crippen molar-refractivity contribution in [2.24, 2.45) is 5.92 Å². The van der Waals surface area contributed by atoms with E-state index in [2.05, 4.69) is 4.98 Å². The van der Waals surface area contributed by atoms with E-state index >= 15 is 0 Å². The minimum atomic E-state index is -0.308. The van der Waals surface area contributed by atoms with Crippen molar-refractivity contribution in [3.8, 4) is 0 Å². The lowest BCUT2D eigenvalue weighted by molar-refractivity contribution is 0.0622. The van der Waals surface area contributed by atoms with Crippen molar-refractivity contribution in [3.05, 3.63) is 29.6 Å². The van der Waals surface area contributed by atoms with Gasteiger partial charge in [-0.15, -0.1) is 0 Å². The third kappa shape index (κ3) is 1.71. The largest absolute Gasteiger partial charge is 0.393 e. The molecule has 1 aliphatic heterocycles. The molecule has 0 saturated heterocycles. The molecule has 1 N–H and O–H groups in total. The summed E-state index contributed by atoms with van der Waals surface area (Å²) in [6.45, 7) is 0.394. The molecular weight excluding hydrogens is 232 g/mol. The fraction of sp³-hybridized carbons (Fsp3) is 0.462. The average molecular weight is 246 g/mol. The Morgan fingerprint density at radius 2 is 2.17 bits per heavy atom. The summed E-state index contributed by atoms with van der Waals surface area (Å²) in [5.41, 5.74) is 0.641. The normalized spacial score (nSPS) is 26.8. The second kappa shape index (κ2) is 4.17. The van der Waals surface area contributed by atoms with Crippen LogP contribution in [0.5, 0.6) is 0 Å². The van der Waals surface area contributed by atoms with Crippen molar-refractivity contribution in [2.45, 2.75) is 25.4 Å². The molecule has 2 unspecified atom stereocenters. The highest BCUT2D eigenvalue weighted by atomic mass is 16.3. The van der Waals surface area contributed by atoms with E-state index in [0.29, 0.717) is 18.5 Å². The SMILES string of the molecule is O=C1c2cccnc2C(=O)N1CC1CCC(O)C1. The van der Waals surface area contributed by atoms with Gasteiger partial charge in [-0.25, -0.2) is 0 Å². The highest BCUT2D eigenvalue weighted by Gasteiger charge is 2.38. The van der Waals surface area contributed by atoms with Crippen LogP contribution in [0.1, 0.15) is 40.1 Å². The first kappa shape index (κ1) is 11.3. The van der Waals surface area contributed by atoms with E-state index in [1.165, 1.54) is 11.1 Å². The number of aliphatic hydroxyl groups is 1. The lowest BCUT2D eigenvalue weighted by atomic mass is 10.1. The summed E-state index contributed by atoms with van der Waals surface area (Å²) in [6.07, 6.45) is 3.52. The first-order valence-electron chi connectivity index (χ1n) is 6.16. The number of pyridine rings is 1. The highest BCUT2D eigenvalue weighted by molar-refractivity contribution is 6.20. The monoisotopic (exact) mass is 246 g/mol. The zero-order valence-electron chi connectivity index (χ0n) is 9.87. The van der Waals surface area contributed by atoms with Gasteiger partial charge in [0, 0.05) is 12.7 Å². The third-order valence-electron chi connectivity index (χ3n) is 3.69. The van der Waals surface area contributed by atoms with Crippen molar-refractivity contribution >= 4 is 11.8 Å². The summed E-state index contributed by atoms with van der Waals surface area (Å²) in [4.78, 5) is 29.4. The van der Waals surface area contributed by atoms with E-state index in [0.717, 1.165) is 12.8 Å². The molecular formula is C13H14N2O3. The van der Waals surface area contributed by atoms with Crippen LogP contribution in [-0.4, -0.2) is 39.5 Å². The van der Waals surface area contributed by atoms with Crippen LogP contribution in [0.4, 0.5) is 0 Å². The third-order valence-corrected chi connectivity index (χ3v) is 3.69. The fourth-order valence-corrected chi connectivity index (χ4v) is 2.75. The van der Waals surface area contributed by atoms with Crippen LogP contribution >= 0.6 is 0 Å². The van der Waals surface area contributed by atoms with E-state index in [1.54, 1.807) is 12.1 Å². The Bertz CT molecular complexity index is 480. The van der Waals surface area contributed by atoms with Gasteiger partial charge >= 0.3 is 0 Å². The minimum Gasteiger partial charge on any atom is -0.393 e. The van der Waals surface area contributed by atoms with Gasteiger partial charge in [-0.2, -0.15) is 0 Å². The maximum absolute atomic E-state index is 12.1. The van der Waals surface area contributed by atoms with Gasteiger partial charge in [0.2, 0.25) is 0 Å². The predicted molar refractivity (Wildman–Crippen MR) is 63.0 cm³/mol. The topological polar surface area (TPSA) is 70.5 Å². The molecule has 94 valence electrons. The van der Waals surface area contributed by atoms with E-state index in [9.17, 15) is 14.7 Å². The Kier molecular flexibility index (Phi) is 2.63. The molecule has 2 aliphatic rings. The van der Waals surface area contributed by atoms with Gasteiger partial charge in [0.1, 0.15) is 5.69 Å². The van der Waals surface area contributed by atoms with Crippen LogP contribution in [0.3, 0.4) is 0 Å². The predicted octanol–water partition coefficient (Wildman–Crippen LogP) is 0.839. The number of aromatic nitrogens is 1. The van der Waals surface area contributed by atoms with E-state index in [-0.39, 0.29) is 29.5 Å². The molecule has 1 fully saturated rings. The second-order valence-electron chi connectivity index (χ2n) is 4.95. The first-order chi connectivity index (χ1) is 8.66. The first-order valence-corrected chi connectivity index (χ1v) is 6.16. The van der Waals surface area contributed by atoms with Crippen LogP contribution in [0.2, 0.25) is 0 Å². The summed E-state index contributed by atoms with van der Waals surface area (Å²) in [5, 5.41) is 9.48. The summed E-state index contributed by atoms with van der Waals surface area (Å²) in [7, 11) is 0. The lowest BCUT2D eigenvalue weighted by Crippen LogP contribution is -2.34. The van der Waals surface area contributed by atoms with Crippen LogP contribution in [0, 0.1) is 5.92 Å². The average Bonchev–Trinajstić information content (AvgIpc) is 2.88. The highest BCUT2D eigenvalue weighted by Crippen LogP contribution is 2.29. The van der Waals surface area contributed by atoms with Gasteiger partial charge < -0.3 is 5.11 Å². The number of amides is 2. The van der Waals surface area contributed by atoms with Gasteiger partial charge in [-0.05, 0) is 37.3 Å². The minimum absolute atomic E-state index is 0.210. The molecule has 18 heavy (non-hydrogen) atoms. The number of imide groups is 1. The molecule has 1 aromatic rings. The van der Waals surface area contributed by atoms with Crippen molar-refractivity contribution in [1.82, 2.24) is 9.88 Å². The molecule has 0 spiro atoms. The van der Waals surface area contributed by atoms with Crippen LogP contribution < -0.4 is 0 Å². The van der Waals surface area contributed by atoms with Crippen molar-refractivity contribution < 1.29 is 14.7 Å². The number of hydrogen-bond donors (Lipinski definition) is 1. The summed E-state index contributed by atoms with van der Waals surface area (Å²) < 4.78 is 0. The quantitative estimate of drug-likeness (QED) is 0.785. The van der Waals surface area contributed by atoms with Crippen LogP contribution in [0.15, 0.2) is 18.3 Å². The zero-order valence-corrected chi connectivity index (χ0v) is 9.87. The molecule has 1 aliphatic carbocycles. The molecule has 2 atom stereocenters. The molecule has 2 heterocycles. The Balaban J connectivity index is 1.80. The maximum atomic E-state index is 12.1. The van der Waals surface area contributed by atoms with Gasteiger partial charge in [0.05, 0.1) is 11.7 Å². The molecule has 1 aromatic heterocycles. The molecule has 0 radical (unpaired) electrons. The fourth-order valence-electron chi connectivity index (χ4n) is 2.75. The Morgan fingerprint density at radius 3 is 2.83 bits per heavy atom. The number of carbonyl (C=O) groups excluding carboxylic acids is 2. The Hall–Kier alpha value is -1.75. The molecule has 5 heteroatoms. The molecule has 3 rings (SSSR count). The number of rotatable bonds is 2. The lowest BCUT2D eigenvalue weighted by Gasteiger charge is -2.18. The molecule has 1 saturated carbocycles. The maximum Gasteiger partial charge on any atom is 0.280 e. The number of aliphatic hydroxyl groups excluding tert-OH is 1. The van der Waals surface area contributed by atoms with Gasteiger partial charge in [-0.3, -0.25) is 19.5 Å². The van der Waals surface area contributed by atoms with E-state index < -0.39 is 0 Å². The van der Waals surface area contributed by atoms with Crippen molar-refractivity contribution in [1.29, 1.82) is 0 Å². The molecule has 0 bridgehead atoms. The smallest absolute Gasteiger partial charge is 0.280 e. The number of carbonyl (C=O) groups is 2. The zero-order chi connectivity index (χ0) is 12.7. The van der Waals surface area contributed by atoms with Crippen LogP contribution in [-0.2, 0) is 0 Å². The number of nitrogens with zero attached hydrogens (tertiary/aromatic N) is 2. The van der Waals surface area contributed by atoms with Crippen LogP contribution in [0.25, 0.3) is 0 Å². The van der Waals surface area contributed by atoms with Gasteiger partial charge in [-0.1, -0.05) is 0 Å².